The highest BCUT2D eigenvalue weighted by molar-refractivity contribution is 7.86. The molecule has 0 saturated heterocycles. The van der Waals surface area contributed by atoms with Gasteiger partial charge < -0.3 is 0 Å². The summed E-state index contributed by atoms with van der Waals surface area (Å²) in [6.45, 7) is 1.99. The zero-order chi connectivity index (χ0) is 13.4. The zero-order valence-electron chi connectivity index (χ0n) is 8.28. The van der Waals surface area contributed by atoms with Crippen LogP contribution in [0, 0.1) is 0 Å². The number of alkyl halides is 3. The SMILES string of the molecule is CCCCC(=O)NO.O=S(=O)(O)C(F)(F)F. The predicted octanol–water partition coefficient (Wildman–Crippen LogP) is 1.08. The highest BCUT2D eigenvalue weighted by atomic mass is 32.2. The van der Waals surface area contributed by atoms with Gasteiger partial charge in [-0.15, -0.1) is 0 Å². The Balaban J connectivity index is 0. The molecule has 0 aliphatic heterocycles. The molecule has 0 spiro atoms. The van der Waals surface area contributed by atoms with Crippen molar-refractivity contribution in [3.05, 3.63) is 0 Å². The summed E-state index contributed by atoms with van der Waals surface area (Å²) >= 11 is 0. The van der Waals surface area contributed by atoms with Crippen LogP contribution in [0.5, 0.6) is 0 Å². The van der Waals surface area contributed by atoms with Gasteiger partial charge in [-0.25, -0.2) is 5.48 Å². The van der Waals surface area contributed by atoms with Gasteiger partial charge in [0, 0.05) is 6.42 Å². The number of carbonyl (C=O) groups is 1. The number of rotatable bonds is 3. The first kappa shape index (κ1) is 17.5. The lowest BCUT2D eigenvalue weighted by atomic mass is 10.2. The predicted molar refractivity (Wildman–Crippen MR) is 47.1 cm³/mol. The van der Waals surface area contributed by atoms with Crippen molar-refractivity contribution < 1.29 is 36.1 Å². The summed E-state index contributed by atoms with van der Waals surface area (Å²) < 4.78 is 57.5. The lowest BCUT2D eigenvalue weighted by Crippen LogP contribution is -2.21. The molecule has 0 bridgehead atoms. The normalized spacial score (nSPS) is 11.4. The fraction of sp³-hybridized carbons (Fsp3) is 0.833. The highest BCUT2D eigenvalue weighted by Gasteiger charge is 2.44. The Morgan fingerprint density at radius 1 is 1.38 bits per heavy atom. The Hall–Kier alpha value is -0.870. The van der Waals surface area contributed by atoms with Gasteiger partial charge in [0.25, 0.3) is 0 Å². The topological polar surface area (TPSA) is 104 Å². The number of carbonyl (C=O) groups excluding carboxylic acids is 1. The number of halogens is 3. The highest BCUT2D eigenvalue weighted by Crippen LogP contribution is 2.20. The molecule has 0 heterocycles. The molecule has 16 heavy (non-hydrogen) atoms. The number of amides is 1. The minimum atomic E-state index is -5.84. The molecule has 1 amide bonds. The molecule has 0 aromatic rings. The smallest absolute Gasteiger partial charge is 0.289 e. The summed E-state index contributed by atoms with van der Waals surface area (Å²) in [4.78, 5) is 10.2. The van der Waals surface area contributed by atoms with Crippen LogP contribution in [0.3, 0.4) is 0 Å². The van der Waals surface area contributed by atoms with Gasteiger partial charge >= 0.3 is 15.6 Å². The Bertz CT molecular complexity index is 300. The quantitative estimate of drug-likeness (QED) is 0.307. The van der Waals surface area contributed by atoms with Crippen molar-refractivity contribution >= 4 is 16.0 Å². The molecular formula is C6H12F3NO5S. The average molecular weight is 267 g/mol. The molecule has 0 unspecified atom stereocenters. The van der Waals surface area contributed by atoms with E-state index in [0.29, 0.717) is 6.42 Å². The molecule has 0 aromatic heterocycles. The van der Waals surface area contributed by atoms with Crippen LogP contribution >= 0.6 is 0 Å². The fourth-order valence-electron chi connectivity index (χ4n) is 0.393. The molecule has 10 heteroatoms. The average Bonchev–Trinajstić information content (AvgIpc) is 2.12. The minimum Gasteiger partial charge on any atom is -0.289 e. The minimum absolute atomic E-state index is 0.299. The van der Waals surface area contributed by atoms with Gasteiger partial charge in [0.05, 0.1) is 0 Å². The Kier molecular flexibility index (Phi) is 8.12. The molecule has 0 aliphatic rings. The number of hydroxylamine groups is 1. The fourth-order valence-corrected chi connectivity index (χ4v) is 0.393. The zero-order valence-corrected chi connectivity index (χ0v) is 9.10. The number of hydrogen-bond acceptors (Lipinski definition) is 4. The number of hydrogen-bond donors (Lipinski definition) is 3. The van der Waals surface area contributed by atoms with Crippen molar-refractivity contribution in [2.75, 3.05) is 0 Å². The maximum absolute atomic E-state index is 10.7. The van der Waals surface area contributed by atoms with E-state index < -0.39 is 15.6 Å². The van der Waals surface area contributed by atoms with Gasteiger partial charge in [0.15, 0.2) is 0 Å². The molecule has 0 aromatic carbocycles. The third-order valence-electron chi connectivity index (χ3n) is 1.17. The first-order chi connectivity index (χ1) is 7.06. The van der Waals surface area contributed by atoms with E-state index in [1.54, 1.807) is 5.48 Å². The Morgan fingerprint density at radius 2 is 1.75 bits per heavy atom. The van der Waals surface area contributed by atoms with Crippen molar-refractivity contribution in [1.82, 2.24) is 5.48 Å². The summed E-state index contributed by atoms with van der Waals surface area (Å²) in [7, 11) is -5.84. The molecule has 0 radical (unpaired) electrons. The molecule has 98 valence electrons. The maximum Gasteiger partial charge on any atom is 0.522 e. The summed E-state index contributed by atoms with van der Waals surface area (Å²) in [5.74, 6) is -0.299. The van der Waals surface area contributed by atoms with Crippen LogP contribution in [-0.2, 0) is 14.9 Å². The van der Waals surface area contributed by atoms with Crippen LogP contribution in [0.15, 0.2) is 0 Å². The first-order valence-electron chi connectivity index (χ1n) is 4.03. The first-order valence-corrected chi connectivity index (χ1v) is 5.47. The van der Waals surface area contributed by atoms with E-state index in [9.17, 15) is 18.0 Å². The monoisotopic (exact) mass is 267 g/mol. The van der Waals surface area contributed by atoms with Crippen molar-refractivity contribution in [1.29, 1.82) is 0 Å². The van der Waals surface area contributed by atoms with Gasteiger partial charge in [-0.3, -0.25) is 14.6 Å². The number of nitrogens with one attached hydrogen (secondary N) is 1. The second kappa shape index (κ2) is 7.41. The van der Waals surface area contributed by atoms with Gasteiger partial charge in [-0.05, 0) is 6.42 Å². The number of unbranched alkanes of at least 4 members (excludes halogenated alkanes) is 1. The van der Waals surface area contributed by atoms with Gasteiger partial charge in [-0.1, -0.05) is 13.3 Å². The van der Waals surface area contributed by atoms with E-state index in [0.717, 1.165) is 12.8 Å². The van der Waals surface area contributed by atoms with Crippen LogP contribution in [0.25, 0.3) is 0 Å². The van der Waals surface area contributed by atoms with Crippen LogP contribution in [0.2, 0.25) is 0 Å². The van der Waals surface area contributed by atoms with E-state index in [2.05, 4.69) is 0 Å². The van der Waals surface area contributed by atoms with Gasteiger partial charge in [0.1, 0.15) is 0 Å². The summed E-state index contributed by atoms with van der Waals surface area (Å²) in [6.07, 6.45) is 2.24. The van der Waals surface area contributed by atoms with Gasteiger partial charge in [0.2, 0.25) is 5.91 Å². The molecule has 6 nitrogen and oxygen atoms in total. The summed E-state index contributed by atoms with van der Waals surface area (Å²) in [6, 6.07) is 0. The van der Waals surface area contributed by atoms with Crippen molar-refractivity contribution in [3.8, 4) is 0 Å². The van der Waals surface area contributed by atoms with Gasteiger partial charge in [-0.2, -0.15) is 21.6 Å². The molecule has 0 atom stereocenters. The van der Waals surface area contributed by atoms with Crippen molar-refractivity contribution in [2.24, 2.45) is 0 Å². The van der Waals surface area contributed by atoms with E-state index in [-0.39, 0.29) is 5.91 Å². The molecule has 0 rings (SSSR count). The van der Waals surface area contributed by atoms with Crippen molar-refractivity contribution in [2.45, 2.75) is 31.7 Å². The van der Waals surface area contributed by atoms with E-state index >= 15 is 0 Å². The standard InChI is InChI=1S/C5H11NO2.CHF3O3S/c1-2-3-4-5(7)6-8;2-1(3,4)8(5,6)7/h8H,2-4H2,1H3,(H,6,7);(H,5,6,7). The molecule has 0 saturated carbocycles. The third kappa shape index (κ3) is 9.68. The van der Waals surface area contributed by atoms with E-state index in [4.69, 9.17) is 18.2 Å². The van der Waals surface area contributed by atoms with Crippen LogP contribution in [0.4, 0.5) is 13.2 Å². The second-order valence-corrected chi connectivity index (χ2v) is 3.97. The molecular weight excluding hydrogens is 255 g/mol. The second-order valence-electron chi connectivity index (χ2n) is 2.56. The van der Waals surface area contributed by atoms with Crippen LogP contribution < -0.4 is 5.48 Å². The summed E-state index contributed by atoms with van der Waals surface area (Å²) in [5.41, 5.74) is -3.97. The van der Waals surface area contributed by atoms with Crippen LogP contribution in [0.1, 0.15) is 26.2 Å². The lowest BCUT2D eigenvalue weighted by Gasteiger charge is -1.97. The van der Waals surface area contributed by atoms with E-state index in [1.807, 2.05) is 6.92 Å². The lowest BCUT2D eigenvalue weighted by molar-refractivity contribution is -0.129. The Morgan fingerprint density at radius 3 is 1.94 bits per heavy atom. The van der Waals surface area contributed by atoms with E-state index in [1.165, 1.54) is 0 Å². The Labute approximate surface area is 90.2 Å². The summed E-state index contributed by atoms with van der Waals surface area (Å²) in [5, 5.41) is 7.96. The van der Waals surface area contributed by atoms with Crippen molar-refractivity contribution in [3.63, 3.8) is 0 Å². The molecule has 3 N–H and O–H groups in total. The van der Waals surface area contributed by atoms with Crippen LogP contribution in [-0.4, -0.2) is 29.6 Å². The molecule has 0 aliphatic carbocycles. The largest absolute Gasteiger partial charge is 0.522 e. The third-order valence-corrected chi connectivity index (χ3v) is 1.76. The molecule has 0 fully saturated rings. The maximum atomic E-state index is 10.7.